The van der Waals surface area contributed by atoms with Crippen LogP contribution in [0.15, 0.2) is 36.5 Å². The first-order chi connectivity index (χ1) is 10.6. The van der Waals surface area contributed by atoms with Crippen LogP contribution in [0.25, 0.3) is 0 Å². The van der Waals surface area contributed by atoms with Gasteiger partial charge in [0.05, 0.1) is 0 Å². The molecule has 124 valence electrons. The molecule has 0 amide bonds. The third kappa shape index (κ3) is 3.32. The molecule has 1 aromatic carbocycles. The molecule has 0 radical (unpaired) electrons. The average Bonchev–Trinajstić information content (AvgIpc) is 2.44. The number of hydrogen-bond acceptors (Lipinski definition) is 2. The normalized spacial score (nSPS) is 16.0. The van der Waals surface area contributed by atoms with Gasteiger partial charge in [-0.25, -0.2) is 4.98 Å². The van der Waals surface area contributed by atoms with Crippen molar-refractivity contribution in [3.8, 4) is 0 Å². The number of aromatic nitrogens is 1. The number of nitrogens with zero attached hydrogens (tertiary/aromatic N) is 1. The van der Waals surface area contributed by atoms with E-state index in [9.17, 15) is 18.3 Å². The van der Waals surface area contributed by atoms with Gasteiger partial charge in [0.25, 0.3) is 0 Å². The maximum atomic E-state index is 13.7. The molecular formula is C16H14Cl2F3NO. The molecule has 0 aliphatic heterocycles. The fraction of sp³-hybridized carbons (Fsp3) is 0.312. The Morgan fingerprint density at radius 3 is 2.30 bits per heavy atom. The van der Waals surface area contributed by atoms with Crippen molar-refractivity contribution in [2.24, 2.45) is 0 Å². The third-order valence-corrected chi connectivity index (χ3v) is 4.38. The van der Waals surface area contributed by atoms with Crippen molar-refractivity contribution in [2.75, 3.05) is 0 Å². The van der Waals surface area contributed by atoms with Gasteiger partial charge in [0.2, 0.25) is 0 Å². The van der Waals surface area contributed by atoms with Crippen LogP contribution in [0.5, 0.6) is 0 Å². The van der Waals surface area contributed by atoms with Gasteiger partial charge in [0.1, 0.15) is 5.15 Å². The molecule has 2 atom stereocenters. The Hall–Kier alpha value is -1.30. The summed E-state index contributed by atoms with van der Waals surface area (Å²) in [6.07, 6.45) is -3.80. The standard InChI is InChI=1S/C16H14Cl2F3NO/c1-9-3-4-12(13(17)7-9)10(2)15(23,16(19,20)21)11-5-6-22-14(18)8-11/h3-8,10,23H,1-2H3. The summed E-state index contributed by atoms with van der Waals surface area (Å²) in [5.41, 5.74) is -2.51. The molecule has 0 fully saturated rings. The second-order valence-electron chi connectivity index (χ2n) is 5.38. The van der Waals surface area contributed by atoms with Crippen molar-refractivity contribution in [3.05, 3.63) is 63.4 Å². The van der Waals surface area contributed by atoms with Gasteiger partial charge in [0.15, 0.2) is 5.60 Å². The van der Waals surface area contributed by atoms with Gasteiger partial charge in [-0.15, -0.1) is 0 Å². The Balaban J connectivity index is 2.63. The van der Waals surface area contributed by atoms with Crippen LogP contribution in [0.1, 0.15) is 29.5 Å². The van der Waals surface area contributed by atoms with Gasteiger partial charge in [-0.2, -0.15) is 13.2 Å². The van der Waals surface area contributed by atoms with Crippen LogP contribution in [0.4, 0.5) is 13.2 Å². The van der Waals surface area contributed by atoms with Gasteiger partial charge in [-0.3, -0.25) is 0 Å². The molecule has 7 heteroatoms. The monoisotopic (exact) mass is 363 g/mol. The van der Waals surface area contributed by atoms with E-state index in [1.807, 2.05) is 0 Å². The Kier molecular flexibility index (Phi) is 4.95. The molecule has 2 aromatic rings. The molecule has 0 aliphatic rings. The summed E-state index contributed by atoms with van der Waals surface area (Å²) in [7, 11) is 0. The minimum Gasteiger partial charge on any atom is -0.376 e. The van der Waals surface area contributed by atoms with Crippen LogP contribution in [-0.2, 0) is 5.60 Å². The Morgan fingerprint density at radius 2 is 1.78 bits per heavy atom. The van der Waals surface area contributed by atoms with Gasteiger partial charge in [-0.05, 0) is 41.8 Å². The van der Waals surface area contributed by atoms with Crippen LogP contribution in [-0.4, -0.2) is 16.3 Å². The van der Waals surface area contributed by atoms with Crippen molar-refractivity contribution in [3.63, 3.8) is 0 Å². The second-order valence-corrected chi connectivity index (χ2v) is 6.17. The van der Waals surface area contributed by atoms with Crippen LogP contribution in [0.3, 0.4) is 0 Å². The molecule has 2 unspecified atom stereocenters. The van der Waals surface area contributed by atoms with Crippen molar-refractivity contribution in [1.29, 1.82) is 0 Å². The molecule has 23 heavy (non-hydrogen) atoms. The topological polar surface area (TPSA) is 33.1 Å². The zero-order chi connectivity index (χ0) is 17.4. The molecule has 0 aliphatic carbocycles. The van der Waals surface area contributed by atoms with E-state index in [-0.39, 0.29) is 21.3 Å². The predicted octanol–water partition coefficient (Wildman–Crippen LogP) is 5.25. The largest absolute Gasteiger partial charge is 0.422 e. The first-order valence-electron chi connectivity index (χ1n) is 6.74. The second kappa shape index (κ2) is 6.30. The molecule has 0 spiro atoms. The SMILES string of the molecule is Cc1ccc(C(C)C(O)(c2ccnc(Cl)c2)C(F)(F)F)c(Cl)c1. The molecule has 1 heterocycles. The van der Waals surface area contributed by atoms with Crippen LogP contribution >= 0.6 is 23.2 Å². The highest BCUT2D eigenvalue weighted by Crippen LogP contribution is 2.49. The summed E-state index contributed by atoms with van der Waals surface area (Å²) in [5.74, 6) is -1.34. The Labute approximate surface area is 141 Å². The summed E-state index contributed by atoms with van der Waals surface area (Å²) in [5, 5.41) is 10.6. The third-order valence-electron chi connectivity index (χ3n) is 3.85. The summed E-state index contributed by atoms with van der Waals surface area (Å²) < 4.78 is 41.1. The number of alkyl halides is 3. The lowest BCUT2D eigenvalue weighted by Gasteiger charge is -2.37. The fourth-order valence-corrected chi connectivity index (χ4v) is 3.08. The van der Waals surface area contributed by atoms with Crippen molar-refractivity contribution < 1.29 is 18.3 Å². The fourth-order valence-electron chi connectivity index (χ4n) is 2.51. The van der Waals surface area contributed by atoms with E-state index in [0.29, 0.717) is 0 Å². The predicted molar refractivity (Wildman–Crippen MR) is 83.8 cm³/mol. The quantitative estimate of drug-likeness (QED) is 0.755. The molecule has 2 nitrogen and oxygen atoms in total. The summed E-state index contributed by atoms with van der Waals surface area (Å²) in [4.78, 5) is 3.66. The lowest BCUT2D eigenvalue weighted by atomic mass is 9.78. The first-order valence-corrected chi connectivity index (χ1v) is 7.50. The maximum absolute atomic E-state index is 13.7. The highest BCUT2D eigenvalue weighted by atomic mass is 35.5. The molecular weight excluding hydrogens is 350 g/mol. The van der Waals surface area contributed by atoms with Crippen LogP contribution in [0.2, 0.25) is 10.2 Å². The molecule has 1 N–H and O–H groups in total. The Bertz CT molecular complexity index is 721. The van der Waals surface area contributed by atoms with Crippen molar-refractivity contribution >= 4 is 23.2 Å². The lowest BCUT2D eigenvalue weighted by Crippen LogP contribution is -2.46. The van der Waals surface area contributed by atoms with E-state index in [0.717, 1.165) is 23.9 Å². The van der Waals surface area contributed by atoms with Crippen molar-refractivity contribution in [1.82, 2.24) is 4.98 Å². The highest BCUT2D eigenvalue weighted by Gasteiger charge is 2.59. The van der Waals surface area contributed by atoms with E-state index < -0.39 is 17.7 Å². The molecule has 1 aromatic heterocycles. The number of rotatable bonds is 3. The summed E-state index contributed by atoms with van der Waals surface area (Å²) in [6, 6.07) is 6.80. The van der Waals surface area contributed by atoms with Crippen LogP contribution < -0.4 is 0 Å². The van der Waals surface area contributed by atoms with Gasteiger partial charge in [0, 0.05) is 17.1 Å². The number of aryl methyl sites for hydroxylation is 1. The van der Waals surface area contributed by atoms with E-state index in [2.05, 4.69) is 4.98 Å². The first kappa shape index (κ1) is 18.0. The molecule has 0 bridgehead atoms. The van der Waals surface area contributed by atoms with E-state index in [4.69, 9.17) is 23.2 Å². The molecule has 0 saturated heterocycles. The lowest BCUT2D eigenvalue weighted by molar-refractivity contribution is -0.274. The van der Waals surface area contributed by atoms with Gasteiger partial charge in [-0.1, -0.05) is 42.3 Å². The number of pyridine rings is 1. The van der Waals surface area contributed by atoms with Gasteiger partial charge >= 0.3 is 6.18 Å². The molecule has 0 saturated carbocycles. The number of hydrogen-bond donors (Lipinski definition) is 1. The maximum Gasteiger partial charge on any atom is 0.422 e. The minimum absolute atomic E-state index is 0.132. The van der Waals surface area contributed by atoms with Crippen molar-refractivity contribution in [2.45, 2.75) is 31.5 Å². The summed E-state index contributed by atoms with van der Waals surface area (Å²) >= 11 is 11.8. The zero-order valence-corrected chi connectivity index (χ0v) is 13.8. The molecule has 2 rings (SSSR count). The smallest absolute Gasteiger partial charge is 0.376 e. The van der Waals surface area contributed by atoms with Crippen LogP contribution in [0, 0.1) is 6.92 Å². The van der Waals surface area contributed by atoms with E-state index >= 15 is 0 Å². The van der Waals surface area contributed by atoms with E-state index in [1.54, 1.807) is 19.1 Å². The summed E-state index contributed by atoms with van der Waals surface area (Å²) in [6.45, 7) is 3.05. The highest BCUT2D eigenvalue weighted by molar-refractivity contribution is 6.31. The number of benzene rings is 1. The van der Waals surface area contributed by atoms with E-state index in [1.165, 1.54) is 13.0 Å². The minimum atomic E-state index is -4.93. The Morgan fingerprint density at radius 1 is 1.13 bits per heavy atom. The van der Waals surface area contributed by atoms with Gasteiger partial charge < -0.3 is 5.11 Å². The number of halogens is 5. The average molecular weight is 364 g/mol. The zero-order valence-electron chi connectivity index (χ0n) is 12.3. The number of aliphatic hydroxyl groups is 1.